The van der Waals surface area contributed by atoms with Crippen molar-refractivity contribution in [3.05, 3.63) is 0 Å². The summed E-state index contributed by atoms with van der Waals surface area (Å²) in [7, 11) is 0. The third kappa shape index (κ3) is 1.93. The van der Waals surface area contributed by atoms with Crippen LogP contribution < -0.4 is 11.1 Å². The van der Waals surface area contributed by atoms with Crippen LogP contribution in [0.4, 0.5) is 0 Å². The van der Waals surface area contributed by atoms with Gasteiger partial charge in [0, 0.05) is 5.41 Å². The Balaban J connectivity index is 2.38. The Hall–Kier alpha value is -0.570. The molecule has 64 valence electrons. The van der Waals surface area contributed by atoms with Crippen LogP contribution in [0.15, 0.2) is 0 Å². The van der Waals surface area contributed by atoms with Gasteiger partial charge in [-0.05, 0) is 25.4 Å². The first kappa shape index (κ1) is 8.53. The maximum absolute atomic E-state index is 10.9. The molecule has 1 amide bonds. The van der Waals surface area contributed by atoms with E-state index in [0.29, 0.717) is 5.92 Å². The molecule has 3 heteroatoms. The average Bonchev–Trinajstić information content (AvgIpc) is 1.79. The topological polar surface area (TPSA) is 55.1 Å². The van der Waals surface area contributed by atoms with Crippen molar-refractivity contribution in [2.75, 3.05) is 13.1 Å². The van der Waals surface area contributed by atoms with Crippen molar-refractivity contribution in [3.8, 4) is 0 Å². The fraction of sp³-hybridized carbons (Fsp3) is 0.875. The minimum atomic E-state index is -0.327. The standard InChI is InChI=1S/C8H16N2O/c1-8(2,7(9)11)3-6-4-10-5-6/h6,10H,3-5H2,1-2H3,(H2,9,11). The first-order valence-corrected chi connectivity index (χ1v) is 4.03. The van der Waals surface area contributed by atoms with Crippen molar-refractivity contribution < 1.29 is 4.79 Å². The summed E-state index contributed by atoms with van der Waals surface area (Å²) in [5.41, 5.74) is 4.91. The summed E-state index contributed by atoms with van der Waals surface area (Å²) in [5, 5.41) is 3.17. The highest BCUT2D eigenvalue weighted by atomic mass is 16.1. The van der Waals surface area contributed by atoms with Gasteiger partial charge in [0.2, 0.25) is 5.91 Å². The van der Waals surface area contributed by atoms with Crippen LogP contribution in [-0.2, 0) is 4.79 Å². The summed E-state index contributed by atoms with van der Waals surface area (Å²) < 4.78 is 0. The highest BCUT2D eigenvalue weighted by molar-refractivity contribution is 5.79. The maximum Gasteiger partial charge on any atom is 0.223 e. The van der Waals surface area contributed by atoms with Gasteiger partial charge >= 0.3 is 0 Å². The SMILES string of the molecule is CC(C)(CC1CNC1)C(N)=O. The quantitative estimate of drug-likeness (QED) is 0.609. The Labute approximate surface area is 67.3 Å². The Morgan fingerprint density at radius 3 is 2.45 bits per heavy atom. The van der Waals surface area contributed by atoms with Crippen molar-refractivity contribution in [2.24, 2.45) is 17.1 Å². The number of hydrogen-bond acceptors (Lipinski definition) is 2. The van der Waals surface area contributed by atoms with Crippen LogP contribution >= 0.6 is 0 Å². The largest absolute Gasteiger partial charge is 0.369 e. The van der Waals surface area contributed by atoms with Crippen LogP contribution in [0.1, 0.15) is 20.3 Å². The van der Waals surface area contributed by atoms with Gasteiger partial charge < -0.3 is 11.1 Å². The number of rotatable bonds is 3. The lowest BCUT2D eigenvalue weighted by atomic mass is 9.80. The van der Waals surface area contributed by atoms with Crippen LogP contribution in [0.2, 0.25) is 0 Å². The summed E-state index contributed by atoms with van der Waals surface area (Å²) in [6.07, 6.45) is 0.912. The molecule has 1 aliphatic rings. The third-order valence-electron chi connectivity index (χ3n) is 2.33. The Morgan fingerprint density at radius 1 is 1.64 bits per heavy atom. The van der Waals surface area contributed by atoms with Gasteiger partial charge in [-0.15, -0.1) is 0 Å². The first-order valence-electron chi connectivity index (χ1n) is 4.03. The van der Waals surface area contributed by atoms with E-state index in [4.69, 9.17) is 5.73 Å². The van der Waals surface area contributed by atoms with E-state index < -0.39 is 0 Å². The third-order valence-corrected chi connectivity index (χ3v) is 2.33. The van der Waals surface area contributed by atoms with Gasteiger partial charge in [-0.25, -0.2) is 0 Å². The van der Waals surface area contributed by atoms with E-state index in [2.05, 4.69) is 5.32 Å². The molecular weight excluding hydrogens is 140 g/mol. The smallest absolute Gasteiger partial charge is 0.223 e. The van der Waals surface area contributed by atoms with E-state index in [0.717, 1.165) is 19.5 Å². The number of primary amides is 1. The monoisotopic (exact) mass is 156 g/mol. The Bertz CT molecular complexity index is 161. The number of carbonyl (C=O) groups is 1. The van der Waals surface area contributed by atoms with Gasteiger partial charge in [-0.2, -0.15) is 0 Å². The Morgan fingerprint density at radius 2 is 2.18 bits per heavy atom. The molecule has 0 spiro atoms. The van der Waals surface area contributed by atoms with Gasteiger partial charge in [0.25, 0.3) is 0 Å². The molecule has 0 radical (unpaired) electrons. The van der Waals surface area contributed by atoms with Crippen LogP contribution in [0.25, 0.3) is 0 Å². The fourth-order valence-corrected chi connectivity index (χ4v) is 1.32. The van der Waals surface area contributed by atoms with E-state index in [1.165, 1.54) is 0 Å². The zero-order valence-electron chi connectivity index (χ0n) is 7.18. The molecule has 0 atom stereocenters. The van der Waals surface area contributed by atoms with Gasteiger partial charge in [0.1, 0.15) is 0 Å². The summed E-state index contributed by atoms with van der Waals surface area (Å²) in [6.45, 7) is 5.90. The second kappa shape index (κ2) is 2.81. The van der Waals surface area contributed by atoms with Crippen molar-refractivity contribution in [3.63, 3.8) is 0 Å². The number of amides is 1. The molecule has 0 saturated carbocycles. The molecule has 1 rings (SSSR count). The molecule has 11 heavy (non-hydrogen) atoms. The van der Waals surface area contributed by atoms with Gasteiger partial charge in [0.05, 0.1) is 0 Å². The molecule has 0 aromatic carbocycles. The van der Waals surface area contributed by atoms with Crippen LogP contribution in [0.5, 0.6) is 0 Å². The zero-order chi connectivity index (χ0) is 8.48. The molecule has 1 saturated heterocycles. The normalized spacial score (nSPS) is 19.5. The number of carbonyl (C=O) groups excluding carboxylic acids is 1. The van der Waals surface area contributed by atoms with Gasteiger partial charge in [-0.1, -0.05) is 13.8 Å². The van der Waals surface area contributed by atoms with Crippen LogP contribution in [-0.4, -0.2) is 19.0 Å². The Kier molecular flexibility index (Phi) is 2.18. The number of nitrogens with two attached hydrogens (primary N) is 1. The summed E-state index contributed by atoms with van der Waals surface area (Å²) in [5.74, 6) is 0.460. The van der Waals surface area contributed by atoms with E-state index in [9.17, 15) is 4.79 Å². The highest BCUT2D eigenvalue weighted by Crippen LogP contribution is 2.26. The zero-order valence-corrected chi connectivity index (χ0v) is 7.18. The fourth-order valence-electron chi connectivity index (χ4n) is 1.32. The average molecular weight is 156 g/mol. The van der Waals surface area contributed by atoms with Gasteiger partial charge in [0.15, 0.2) is 0 Å². The van der Waals surface area contributed by atoms with Crippen LogP contribution in [0.3, 0.4) is 0 Å². The van der Waals surface area contributed by atoms with Crippen molar-refractivity contribution in [2.45, 2.75) is 20.3 Å². The number of nitrogens with one attached hydrogen (secondary N) is 1. The molecule has 0 aliphatic carbocycles. The van der Waals surface area contributed by atoms with Gasteiger partial charge in [-0.3, -0.25) is 4.79 Å². The van der Waals surface area contributed by atoms with E-state index in [1.54, 1.807) is 0 Å². The van der Waals surface area contributed by atoms with Crippen molar-refractivity contribution in [1.29, 1.82) is 0 Å². The molecule has 0 aromatic rings. The molecule has 1 aliphatic heterocycles. The minimum Gasteiger partial charge on any atom is -0.369 e. The maximum atomic E-state index is 10.9. The second-order valence-corrected chi connectivity index (χ2v) is 3.98. The summed E-state index contributed by atoms with van der Waals surface area (Å²) >= 11 is 0. The molecule has 0 aromatic heterocycles. The molecule has 1 fully saturated rings. The second-order valence-electron chi connectivity index (χ2n) is 3.98. The predicted octanol–water partition coefficient (Wildman–Crippen LogP) is 0.107. The van der Waals surface area contributed by atoms with Crippen molar-refractivity contribution >= 4 is 5.91 Å². The lowest BCUT2D eigenvalue weighted by molar-refractivity contribution is -0.127. The molecule has 0 bridgehead atoms. The van der Waals surface area contributed by atoms with E-state index >= 15 is 0 Å². The molecule has 3 N–H and O–H groups in total. The van der Waals surface area contributed by atoms with Crippen LogP contribution in [0, 0.1) is 11.3 Å². The molecule has 3 nitrogen and oxygen atoms in total. The minimum absolute atomic E-state index is 0.190. The summed E-state index contributed by atoms with van der Waals surface area (Å²) in [6, 6.07) is 0. The summed E-state index contributed by atoms with van der Waals surface area (Å²) in [4.78, 5) is 10.9. The number of hydrogen-bond donors (Lipinski definition) is 2. The lowest BCUT2D eigenvalue weighted by Crippen LogP contribution is -2.46. The predicted molar refractivity (Wildman–Crippen MR) is 44.0 cm³/mol. The van der Waals surface area contributed by atoms with E-state index in [1.807, 2.05) is 13.8 Å². The molecule has 1 heterocycles. The van der Waals surface area contributed by atoms with Crippen molar-refractivity contribution in [1.82, 2.24) is 5.32 Å². The molecule has 0 unspecified atom stereocenters. The molecular formula is C8H16N2O. The highest BCUT2D eigenvalue weighted by Gasteiger charge is 2.31. The lowest BCUT2D eigenvalue weighted by Gasteiger charge is -2.33. The first-order chi connectivity index (χ1) is 5.02. The van der Waals surface area contributed by atoms with E-state index in [-0.39, 0.29) is 11.3 Å².